The third-order valence-electron chi connectivity index (χ3n) is 3.60. The molecule has 0 rings (SSSR count). The molecule has 0 aliphatic heterocycles. The minimum atomic E-state index is -0.994. The van der Waals surface area contributed by atoms with E-state index in [9.17, 15) is 14.4 Å². The van der Waals surface area contributed by atoms with E-state index < -0.39 is 24.0 Å². The van der Waals surface area contributed by atoms with Gasteiger partial charge < -0.3 is 19.4 Å². The second kappa shape index (κ2) is 14.6. The molecule has 158 valence electrons. The number of carboxylic acids is 2. The van der Waals surface area contributed by atoms with Crippen molar-refractivity contribution in [1.29, 1.82) is 0 Å². The third-order valence-corrected chi connectivity index (χ3v) is 3.60. The Balaban J connectivity index is 4.04. The van der Waals surface area contributed by atoms with Gasteiger partial charge in [0.15, 0.2) is 6.10 Å². The summed E-state index contributed by atoms with van der Waals surface area (Å²) in [6.45, 7) is 0.423. The minimum absolute atomic E-state index is 0.167. The third kappa shape index (κ3) is 18.4. The highest BCUT2D eigenvalue weighted by Crippen LogP contribution is 2.06. The summed E-state index contributed by atoms with van der Waals surface area (Å²) >= 11 is 0. The van der Waals surface area contributed by atoms with Crippen LogP contribution in [0.25, 0.3) is 0 Å². The van der Waals surface area contributed by atoms with Gasteiger partial charge in [0, 0.05) is 12.5 Å². The molecule has 0 aromatic carbocycles. The predicted molar refractivity (Wildman–Crippen MR) is 108 cm³/mol. The fraction of sp³-hybridized carbons (Fsp3) is 0.571. The molecule has 0 saturated carbocycles. The Kier molecular flexibility index (Phi) is 13.4. The molecule has 0 saturated heterocycles. The summed E-state index contributed by atoms with van der Waals surface area (Å²) in [5.41, 5.74) is 0. The van der Waals surface area contributed by atoms with E-state index in [1.165, 1.54) is 6.08 Å². The van der Waals surface area contributed by atoms with Crippen molar-refractivity contribution in [3.05, 3.63) is 36.5 Å². The maximum Gasteiger partial charge on any atom is 0.331 e. The van der Waals surface area contributed by atoms with Gasteiger partial charge in [-0.25, -0.2) is 4.79 Å². The molecule has 0 spiro atoms. The van der Waals surface area contributed by atoms with Gasteiger partial charge in [0.05, 0.1) is 27.6 Å². The van der Waals surface area contributed by atoms with Gasteiger partial charge in [-0.05, 0) is 32.1 Å². The quantitative estimate of drug-likeness (QED) is 0.110. The van der Waals surface area contributed by atoms with Crippen LogP contribution in [-0.4, -0.2) is 66.4 Å². The first kappa shape index (κ1) is 25.6. The number of likely N-dealkylation sites (N-methyl/N-ethyl adjacent to an activating group) is 1. The number of unbranched alkanes of at least 4 members (excludes halogenated alkanes) is 3. The molecule has 0 aromatic heterocycles. The van der Waals surface area contributed by atoms with Crippen LogP contribution in [-0.2, 0) is 19.1 Å². The topological polar surface area (TPSA) is 101 Å². The van der Waals surface area contributed by atoms with Crippen LogP contribution in [0.15, 0.2) is 36.5 Å². The first-order chi connectivity index (χ1) is 13.1. The molecule has 0 heterocycles. The number of esters is 1. The summed E-state index contributed by atoms with van der Waals surface area (Å²) in [5.74, 6) is -2.32. The van der Waals surface area contributed by atoms with Crippen LogP contribution in [0.2, 0.25) is 0 Å². The second-order valence-corrected chi connectivity index (χ2v) is 7.61. The molecule has 0 amide bonds. The molecule has 2 N–H and O–H groups in total. The zero-order chi connectivity index (χ0) is 21.4. The summed E-state index contributed by atoms with van der Waals surface area (Å²) in [6.07, 6.45) is 14.2. The Morgan fingerprint density at radius 3 is 2.07 bits per heavy atom. The van der Waals surface area contributed by atoms with Crippen LogP contribution in [0, 0.1) is 0 Å². The van der Waals surface area contributed by atoms with Crippen molar-refractivity contribution in [3.63, 3.8) is 0 Å². The van der Waals surface area contributed by atoms with Gasteiger partial charge in [-0.15, -0.1) is 0 Å². The molecule has 0 aromatic rings. The molecule has 0 fully saturated rings. The lowest BCUT2D eigenvalue weighted by molar-refractivity contribution is -0.873. The number of rotatable bonds is 15. The standard InChI is InChI=1S/C21H33NO6/c1-22(2,3)17-18(16-20(25)26)28-21(27)15-13-11-9-7-5-4-6-8-10-12-14-19(23)24/h8-11,13,15,18H,4-7,12,14,16-17H2,1-3H3,(H-,23,24,25,26)/p+1/b10-8+,11-9+,15-13+. The summed E-state index contributed by atoms with van der Waals surface area (Å²) in [6, 6.07) is 0. The van der Waals surface area contributed by atoms with E-state index in [0.29, 0.717) is 17.4 Å². The van der Waals surface area contributed by atoms with Crippen molar-refractivity contribution in [1.82, 2.24) is 0 Å². The Labute approximate surface area is 167 Å². The fourth-order valence-corrected chi connectivity index (χ4v) is 2.43. The molecule has 7 nitrogen and oxygen atoms in total. The molecule has 0 bridgehead atoms. The first-order valence-corrected chi connectivity index (χ1v) is 9.53. The Morgan fingerprint density at radius 1 is 0.893 bits per heavy atom. The molecule has 1 atom stereocenters. The highest BCUT2D eigenvalue weighted by Gasteiger charge is 2.23. The summed E-state index contributed by atoms with van der Waals surface area (Å²) in [7, 11) is 5.73. The van der Waals surface area contributed by atoms with Crippen LogP contribution in [0.3, 0.4) is 0 Å². The minimum Gasteiger partial charge on any atom is -0.481 e. The molecule has 28 heavy (non-hydrogen) atoms. The molecule has 7 heteroatoms. The van der Waals surface area contributed by atoms with E-state index in [1.807, 2.05) is 39.4 Å². The number of quaternary nitrogens is 1. The number of carbonyl (C=O) groups is 3. The van der Waals surface area contributed by atoms with Gasteiger partial charge in [-0.1, -0.05) is 30.4 Å². The van der Waals surface area contributed by atoms with Gasteiger partial charge in [0.1, 0.15) is 6.54 Å². The average molecular weight is 397 g/mol. The van der Waals surface area contributed by atoms with E-state index in [0.717, 1.165) is 25.7 Å². The van der Waals surface area contributed by atoms with E-state index in [1.54, 1.807) is 12.2 Å². The van der Waals surface area contributed by atoms with Crippen LogP contribution in [0.1, 0.15) is 44.9 Å². The SMILES string of the molecule is C[N+](C)(C)CC(CC(=O)O)OC(=O)/C=C/C=C/CCCC/C=C/CCC(=O)O. The fourth-order valence-electron chi connectivity index (χ4n) is 2.43. The molecule has 0 radical (unpaired) electrons. The number of hydrogen-bond acceptors (Lipinski definition) is 4. The van der Waals surface area contributed by atoms with Crippen molar-refractivity contribution in [2.75, 3.05) is 27.7 Å². The van der Waals surface area contributed by atoms with Crippen molar-refractivity contribution in [2.24, 2.45) is 0 Å². The van der Waals surface area contributed by atoms with Gasteiger partial charge in [-0.3, -0.25) is 9.59 Å². The monoisotopic (exact) mass is 396 g/mol. The predicted octanol–water partition coefficient (Wildman–Crippen LogP) is 3.17. The van der Waals surface area contributed by atoms with Crippen LogP contribution >= 0.6 is 0 Å². The average Bonchev–Trinajstić information content (AvgIpc) is 2.53. The number of hydrogen-bond donors (Lipinski definition) is 2. The molecule has 1 unspecified atom stereocenters. The van der Waals surface area contributed by atoms with E-state index >= 15 is 0 Å². The van der Waals surface area contributed by atoms with Crippen LogP contribution < -0.4 is 0 Å². The lowest BCUT2D eigenvalue weighted by Gasteiger charge is -2.28. The Hall–Kier alpha value is -2.41. The van der Waals surface area contributed by atoms with Crippen molar-refractivity contribution in [3.8, 4) is 0 Å². The lowest BCUT2D eigenvalue weighted by Crippen LogP contribution is -2.43. The normalized spacial score (nSPS) is 13.4. The Bertz CT molecular complexity index is 572. The number of nitrogens with zero attached hydrogens (tertiary/aromatic N) is 1. The van der Waals surface area contributed by atoms with E-state index in [4.69, 9.17) is 14.9 Å². The van der Waals surface area contributed by atoms with E-state index in [-0.39, 0.29) is 12.8 Å². The lowest BCUT2D eigenvalue weighted by atomic mass is 10.1. The largest absolute Gasteiger partial charge is 0.481 e. The van der Waals surface area contributed by atoms with Crippen LogP contribution in [0.4, 0.5) is 0 Å². The van der Waals surface area contributed by atoms with Gasteiger partial charge in [0.2, 0.25) is 0 Å². The number of carbonyl (C=O) groups excluding carboxylic acids is 1. The zero-order valence-corrected chi connectivity index (χ0v) is 17.2. The summed E-state index contributed by atoms with van der Waals surface area (Å²) in [4.78, 5) is 33.1. The van der Waals surface area contributed by atoms with E-state index in [2.05, 4.69) is 0 Å². The second-order valence-electron chi connectivity index (χ2n) is 7.61. The smallest absolute Gasteiger partial charge is 0.331 e. The first-order valence-electron chi connectivity index (χ1n) is 9.53. The maximum atomic E-state index is 11.8. The number of carboxylic acid groups (broad SMARTS) is 2. The number of aliphatic carboxylic acids is 2. The molecule has 0 aliphatic rings. The molecular weight excluding hydrogens is 362 g/mol. The summed E-state index contributed by atoms with van der Waals surface area (Å²) < 4.78 is 5.75. The molecular formula is C21H34NO6+. The zero-order valence-electron chi connectivity index (χ0n) is 17.2. The molecule has 0 aliphatic carbocycles. The van der Waals surface area contributed by atoms with Gasteiger partial charge in [0.25, 0.3) is 0 Å². The maximum absolute atomic E-state index is 11.8. The van der Waals surface area contributed by atoms with Crippen molar-refractivity contribution < 1.29 is 33.8 Å². The van der Waals surface area contributed by atoms with Crippen molar-refractivity contribution >= 4 is 17.9 Å². The highest BCUT2D eigenvalue weighted by molar-refractivity contribution is 5.82. The highest BCUT2D eigenvalue weighted by atomic mass is 16.5. The number of allylic oxidation sites excluding steroid dienone is 5. The van der Waals surface area contributed by atoms with Gasteiger partial charge in [-0.2, -0.15) is 0 Å². The van der Waals surface area contributed by atoms with Gasteiger partial charge >= 0.3 is 17.9 Å². The summed E-state index contributed by atoms with van der Waals surface area (Å²) in [5, 5.41) is 17.5. The van der Waals surface area contributed by atoms with Crippen LogP contribution in [0.5, 0.6) is 0 Å². The number of ether oxygens (including phenoxy) is 1. The Morgan fingerprint density at radius 2 is 1.50 bits per heavy atom. The van der Waals surface area contributed by atoms with Crippen molar-refractivity contribution in [2.45, 2.75) is 51.0 Å².